The molecule has 1 N–H and O–H groups in total. The molecule has 0 aromatic heterocycles. The molecular formula is C14H22N2. The Morgan fingerprint density at radius 2 is 1.88 bits per heavy atom. The van der Waals surface area contributed by atoms with Crippen LogP contribution in [-0.2, 0) is 0 Å². The topological polar surface area (TPSA) is 15.3 Å². The summed E-state index contributed by atoms with van der Waals surface area (Å²) in [7, 11) is 0. The number of anilines is 1. The fourth-order valence-electron chi connectivity index (χ4n) is 2.21. The number of hydrogen-bond acceptors (Lipinski definition) is 2. The molecule has 0 radical (unpaired) electrons. The van der Waals surface area contributed by atoms with E-state index in [1.54, 1.807) is 0 Å². The Balaban J connectivity index is 2.05. The zero-order chi connectivity index (χ0) is 11.4. The number of nitrogens with zero attached hydrogens (tertiary/aromatic N) is 1. The summed E-state index contributed by atoms with van der Waals surface area (Å²) in [6.45, 7) is 8.01. The Morgan fingerprint density at radius 3 is 2.62 bits per heavy atom. The zero-order valence-electron chi connectivity index (χ0n) is 10.4. The van der Waals surface area contributed by atoms with E-state index in [0.29, 0.717) is 0 Å². The van der Waals surface area contributed by atoms with Crippen LogP contribution in [0.2, 0.25) is 0 Å². The van der Waals surface area contributed by atoms with Gasteiger partial charge in [0.1, 0.15) is 0 Å². The molecule has 0 saturated carbocycles. The molecule has 0 bridgehead atoms. The highest BCUT2D eigenvalue weighted by atomic mass is 15.1. The summed E-state index contributed by atoms with van der Waals surface area (Å²) in [6.07, 6.45) is 2.42. The van der Waals surface area contributed by atoms with Gasteiger partial charge in [-0.3, -0.25) is 0 Å². The van der Waals surface area contributed by atoms with Crippen molar-refractivity contribution >= 4 is 5.69 Å². The Labute approximate surface area is 98.7 Å². The van der Waals surface area contributed by atoms with Crippen LogP contribution in [0.15, 0.2) is 30.3 Å². The average Bonchev–Trinajstić information content (AvgIpc) is 2.26. The molecule has 1 aliphatic heterocycles. The fourth-order valence-corrected chi connectivity index (χ4v) is 2.21. The summed E-state index contributed by atoms with van der Waals surface area (Å²) in [6, 6.07) is 10.7. The maximum absolute atomic E-state index is 3.61. The van der Waals surface area contributed by atoms with Crippen molar-refractivity contribution in [1.29, 1.82) is 0 Å². The summed E-state index contributed by atoms with van der Waals surface area (Å²) in [5.74, 6) is 0. The summed E-state index contributed by atoms with van der Waals surface area (Å²) in [5, 5.41) is 3.61. The molecule has 2 nitrogen and oxygen atoms in total. The highest BCUT2D eigenvalue weighted by Crippen LogP contribution is 2.18. The van der Waals surface area contributed by atoms with E-state index >= 15 is 0 Å². The largest absolute Gasteiger partial charge is 0.371 e. The van der Waals surface area contributed by atoms with E-state index in [0.717, 1.165) is 19.6 Å². The summed E-state index contributed by atoms with van der Waals surface area (Å²) in [4.78, 5) is 2.50. The van der Waals surface area contributed by atoms with Gasteiger partial charge >= 0.3 is 0 Å². The van der Waals surface area contributed by atoms with Crippen molar-refractivity contribution in [1.82, 2.24) is 5.32 Å². The highest BCUT2D eigenvalue weighted by molar-refractivity contribution is 5.45. The predicted octanol–water partition coefficient (Wildman–Crippen LogP) is 2.66. The Bertz CT molecular complexity index is 319. The molecule has 16 heavy (non-hydrogen) atoms. The first-order chi connectivity index (χ1) is 7.67. The van der Waals surface area contributed by atoms with Gasteiger partial charge in [0.25, 0.3) is 0 Å². The zero-order valence-corrected chi connectivity index (χ0v) is 10.4. The van der Waals surface area contributed by atoms with E-state index in [2.05, 4.69) is 54.4 Å². The molecule has 1 heterocycles. The highest BCUT2D eigenvalue weighted by Gasteiger charge is 2.20. The monoisotopic (exact) mass is 218 g/mol. The van der Waals surface area contributed by atoms with Crippen LogP contribution in [0.25, 0.3) is 0 Å². The van der Waals surface area contributed by atoms with Crippen LogP contribution in [0, 0.1) is 0 Å². The smallest absolute Gasteiger partial charge is 0.0366 e. The number of rotatable bonds is 1. The molecule has 1 aliphatic rings. The summed E-state index contributed by atoms with van der Waals surface area (Å²) in [5.41, 5.74) is 1.63. The van der Waals surface area contributed by atoms with Gasteiger partial charge in [0.2, 0.25) is 0 Å². The first-order valence-corrected chi connectivity index (χ1v) is 6.22. The minimum atomic E-state index is 0.271. The first-order valence-electron chi connectivity index (χ1n) is 6.22. The molecule has 2 heteroatoms. The maximum atomic E-state index is 3.61. The van der Waals surface area contributed by atoms with Crippen LogP contribution < -0.4 is 10.2 Å². The van der Waals surface area contributed by atoms with Gasteiger partial charge in [-0.1, -0.05) is 18.2 Å². The Kier molecular flexibility index (Phi) is 3.49. The lowest BCUT2D eigenvalue weighted by atomic mass is 9.98. The molecular weight excluding hydrogens is 196 g/mol. The molecule has 0 unspecified atom stereocenters. The third-order valence-corrected chi connectivity index (χ3v) is 3.34. The van der Waals surface area contributed by atoms with Crippen molar-refractivity contribution in [3.05, 3.63) is 30.3 Å². The number of para-hydroxylation sites is 1. The minimum absolute atomic E-state index is 0.271. The lowest BCUT2D eigenvalue weighted by Gasteiger charge is -2.35. The third-order valence-electron chi connectivity index (χ3n) is 3.34. The van der Waals surface area contributed by atoms with Gasteiger partial charge in [0.15, 0.2) is 0 Å². The summed E-state index contributed by atoms with van der Waals surface area (Å²) >= 11 is 0. The maximum Gasteiger partial charge on any atom is 0.0366 e. The van der Waals surface area contributed by atoms with E-state index in [9.17, 15) is 0 Å². The average molecular weight is 218 g/mol. The molecule has 1 aromatic carbocycles. The van der Waals surface area contributed by atoms with Crippen molar-refractivity contribution in [2.45, 2.75) is 32.2 Å². The van der Waals surface area contributed by atoms with E-state index < -0.39 is 0 Å². The van der Waals surface area contributed by atoms with Crippen LogP contribution >= 0.6 is 0 Å². The van der Waals surface area contributed by atoms with Gasteiger partial charge in [-0.15, -0.1) is 0 Å². The SMILES string of the molecule is CC1(C)CCN(c2ccccc2)CCCN1. The van der Waals surface area contributed by atoms with Crippen LogP contribution in [0.3, 0.4) is 0 Å². The molecule has 2 rings (SSSR count). The molecule has 0 amide bonds. The molecule has 0 aliphatic carbocycles. The number of benzene rings is 1. The molecule has 88 valence electrons. The minimum Gasteiger partial charge on any atom is -0.371 e. The predicted molar refractivity (Wildman–Crippen MR) is 70.0 cm³/mol. The van der Waals surface area contributed by atoms with Crippen molar-refractivity contribution in [2.75, 3.05) is 24.5 Å². The third kappa shape index (κ3) is 2.99. The van der Waals surface area contributed by atoms with E-state index in [-0.39, 0.29) is 5.54 Å². The van der Waals surface area contributed by atoms with Crippen LogP contribution in [-0.4, -0.2) is 25.2 Å². The normalized spacial score (nSPS) is 21.2. The second-order valence-electron chi connectivity index (χ2n) is 5.24. The quantitative estimate of drug-likeness (QED) is 0.779. The van der Waals surface area contributed by atoms with Gasteiger partial charge in [-0.25, -0.2) is 0 Å². The lowest BCUT2D eigenvalue weighted by molar-refractivity contribution is 0.347. The van der Waals surface area contributed by atoms with Crippen molar-refractivity contribution in [3.63, 3.8) is 0 Å². The number of hydrogen-bond donors (Lipinski definition) is 1. The van der Waals surface area contributed by atoms with Crippen LogP contribution in [0.4, 0.5) is 5.69 Å². The van der Waals surface area contributed by atoms with E-state index in [1.165, 1.54) is 18.5 Å². The second-order valence-corrected chi connectivity index (χ2v) is 5.24. The van der Waals surface area contributed by atoms with Gasteiger partial charge in [0, 0.05) is 24.3 Å². The van der Waals surface area contributed by atoms with Gasteiger partial charge in [-0.2, -0.15) is 0 Å². The molecule has 1 saturated heterocycles. The first kappa shape index (κ1) is 11.5. The van der Waals surface area contributed by atoms with Crippen molar-refractivity contribution < 1.29 is 0 Å². The van der Waals surface area contributed by atoms with E-state index in [4.69, 9.17) is 0 Å². The van der Waals surface area contributed by atoms with Crippen molar-refractivity contribution in [2.24, 2.45) is 0 Å². The molecule has 1 fully saturated rings. The lowest BCUT2D eigenvalue weighted by Crippen LogP contribution is -2.46. The fraction of sp³-hybridized carbons (Fsp3) is 0.571. The van der Waals surface area contributed by atoms with Crippen LogP contribution in [0.5, 0.6) is 0 Å². The van der Waals surface area contributed by atoms with Crippen molar-refractivity contribution in [3.8, 4) is 0 Å². The van der Waals surface area contributed by atoms with Crippen LogP contribution in [0.1, 0.15) is 26.7 Å². The standard InChI is InChI=1S/C14H22N2/c1-14(2)9-12-16(11-6-10-15-14)13-7-4-3-5-8-13/h3-5,7-8,15H,6,9-12H2,1-2H3. The Morgan fingerprint density at radius 1 is 1.12 bits per heavy atom. The Hall–Kier alpha value is -1.02. The summed E-state index contributed by atoms with van der Waals surface area (Å²) < 4.78 is 0. The van der Waals surface area contributed by atoms with Gasteiger partial charge < -0.3 is 10.2 Å². The second kappa shape index (κ2) is 4.88. The van der Waals surface area contributed by atoms with Gasteiger partial charge in [0.05, 0.1) is 0 Å². The number of nitrogens with one attached hydrogen (secondary N) is 1. The van der Waals surface area contributed by atoms with Gasteiger partial charge in [-0.05, 0) is 45.4 Å². The molecule has 0 atom stereocenters. The molecule has 0 spiro atoms. The van der Waals surface area contributed by atoms with E-state index in [1.807, 2.05) is 0 Å². The molecule has 1 aromatic rings.